The third kappa shape index (κ3) is 4.04. The summed E-state index contributed by atoms with van der Waals surface area (Å²) in [5, 5.41) is 0. The molecule has 0 aromatic rings. The Balaban J connectivity index is 0.00000243. The fraction of sp³-hybridized carbons (Fsp3) is 0.900. The summed E-state index contributed by atoms with van der Waals surface area (Å²) < 4.78 is 0. The minimum absolute atomic E-state index is 0. The molecule has 6 heteroatoms. The molecule has 150 valence electrons. The summed E-state index contributed by atoms with van der Waals surface area (Å²) in [6.45, 7) is 7.28. The first kappa shape index (κ1) is 21.5. The van der Waals surface area contributed by atoms with Crippen molar-refractivity contribution in [2.45, 2.75) is 83.8 Å². The number of amides is 2. The van der Waals surface area contributed by atoms with Crippen LogP contribution in [0.4, 0.5) is 0 Å². The normalized spacial score (nSPS) is 37.1. The van der Waals surface area contributed by atoms with Crippen molar-refractivity contribution < 1.29 is 9.59 Å². The molecule has 1 saturated heterocycles. The van der Waals surface area contributed by atoms with Crippen LogP contribution in [0.25, 0.3) is 0 Å². The molecule has 4 atom stereocenters. The molecule has 2 bridgehead atoms. The van der Waals surface area contributed by atoms with Crippen molar-refractivity contribution >= 4 is 24.2 Å². The summed E-state index contributed by atoms with van der Waals surface area (Å²) in [7, 11) is 0. The van der Waals surface area contributed by atoms with Gasteiger partial charge in [0, 0.05) is 44.1 Å². The highest BCUT2D eigenvalue weighted by atomic mass is 35.5. The number of fused-ring (bicyclic) bond motifs is 2. The average Bonchev–Trinajstić information content (AvgIpc) is 2.59. The lowest BCUT2D eigenvalue weighted by molar-refractivity contribution is -0.151. The number of hydrogen-bond acceptors (Lipinski definition) is 3. The van der Waals surface area contributed by atoms with Crippen molar-refractivity contribution in [3.05, 3.63) is 0 Å². The molecule has 0 aromatic carbocycles. The predicted molar refractivity (Wildman–Crippen MR) is 106 cm³/mol. The number of carbonyl (C=O) groups excluding carboxylic acids is 2. The molecule has 0 spiro atoms. The summed E-state index contributed by atoms with van der Waals surface area (Å²) >= 11 is 0. The van der Waals surface area contributed by atoms with Gasteiger partial charge in [-0.05, 0) is 50.4 Å². The zero-order valence-corrected chi connectivity index (χ0v) is 17.3. The molecule has 2 amide bonds. The molecule has 5 nitrogen and oxygen atoms in total. The Bertz CT molecular complexity index is 501. The van der Waals surface area contributed by atoms with Crippen molar-refractivity contribution in [3.8, 4) is 0 Å². The SMILES string of the molecule is CCC1CN(C(=O)C2CC3CCCC(C2)C3N)C(CC)CN1C(C)=O.Cl. The van der Waals surface area contributed by atoms with Crippen LogP contribution in [0.1, 0.15) is 65.7 Å². The fourth-order valence-electron chi connectivity index (χ4n) is 5.53. The minimum Gasteiger partial charge on any atom is -0.336 e. The summed E-state index contributed by atoms with van der Waals surface area (Å²) in [5.74, 6) is 1.67. The topological polar surface area (TPSA) is 66.6 Å². The van der Waals surface area contributed by atoms with Gasteiger partial charge in [-0.2, -0.15) is 0 Å². The van der Waals surface area contributed by atoms with Gasteiger partial charge in [0.05, 0.1) is 0 Å². The molecule has 1 aliphatic heterocycles. The van der Waals surface area contributed by atoms with Gasteiger partial charge in [0.15, 0.2) is 0 Å². The summed E-state index contributed by atoms with van der Waals surface area (Å²) in [5.41, 5.74) is 6.40. The third-order valence-electron chi connectivity index (χ3n) is 7.09. The van der Waals surface area contributed by atoms with Gasteiger partial charge < -0.3 is 15.5 Å². The summed E-state index contributed by atoms with van der Waals surface area (Å²) in [6.07, 6.45) is 7.40. The second-order valence-corrected chi connectivity index (χ2v) is 8.48. The van der Waals surface area contributed by atoms with E-state index in [1.165, 1.54) is 19.3 Å². The highest BCUT2D eigenvalue weighted by Gasteiger charge is 2.44. The second-order valence-electron chi connectivity index (χ2n) is 8.48. The van der Waals surface area contributed by atoms with Gasteiger partial charge >= 0.3 is 0 Å². The molecule has 2 saturated carbocycles. The molecule has 2 aliphatic carbocycles. The van der Waals surface area contributed by atoms with Crippen molar-refractivity contribution in [3.63, 3.8) is 0 Å². The summed E-state index contributed by atoms with van der Waals surface area (Å²) in [6, 6.07) is 0.627. The number of halogens is 1. The van der Waals surface area contributed by atoms with Gasteiger partial charge in [-0.3, -0.25) is 9.59 Å². The van der Waals surface area contributed by atoms with E-state index >= 15 is 0 Å². The van der Waals surface area contributed by atoms with E-state index in [0.29, 0.717) is 36.9 Å². The minimum atomic E-state index is 0. The van der Waals surface area contributed by atoms with Crippen molar-refractivity contribution in [1.82, 2.24) is 9.80 Å². The number of piperazine rings is 1. The van der Waals surface area contributed by atoms with Crippen LogP contribution in [0, 0.1) is 17.8 Å². The lowest BCUT2D eigenvalue weighted by atomic mass is 9.64. The lowest BCUT2D eigenvalue weighted by Crippen LogP contribution is -2.62. The molecule has 2 N–H and O–H groups in total. The standard InChI is InChI=1S/C20H35N3O2.ClH/c1-4-17-12-23(18(5-2)11-22(17)13(3)24)20(25)16-9-14-7-6-8-15(10-16)19(14)21;/h14-19H,4-12,21H2,1-3H3;1H. The highest BCUT2D eigenvalue weighted by molar-refractivity contribution is 5.85. The van der Waals surface area contributed by atoms with Crippen LogP contribution in [0.3, 0.4) is 0 Å². The van der Waals surface area contributed by atoms with E-state index in [2.05, 4.69) is 18.7 Å². The number of hydrogen-bond donors (Lipinski definition) is 1. The molecule has 0 aromatic heterocycles. The Morgan fingerprint density at radius 2 is 1.46 bits per heavy atom. The smallest absolute Gasteiger partial charge is 0.226 e. The maximum absolute atomic E-state index is 13.4. The van der Waals surface area contributed by atoms with E-state index in [0.717, 1.165) is 25.7 Å². The molecule has 1 heterocycles. The molecule has 3 aliphatic rings. The van der Waals surface area contributed by atoms with Crippen LogP contribution in [-0.4, -0.2) is 52.8 Å². The molecule has 4 unspecified atom stereocenters. The quantitative estimate of drug-likeness (QED) is 0.812. The van der Waals surface area contributed by atoms with Crippen molar-refractivity contribution in [2.75, 3.05) is 13.1 Å². The first-order chi connectivity index (χ1) is 12.0. The van der Waals surface area contributed by atoms with Gasteiger partial charge in [0.2, 0.25) is 11.8 Å². The fourth-order valence-corrected chi connectivity index (χ4v) is 5.53. The van der Waals surface area contributed by atoms with Gasteiger partial charge in [0.25, 0.3) is 0 Å². The van der Waals surface area contributed by atoms with E-state index in [1.54, 1.807) is 6.92 Å². The first-order valence-electron chi connectivity index (χ1n) is 10.3. The van der Waals surface area contributed by atoms with Crippen molar-refractivity contribution in [2.24, 2.45) is 23.5 Å². The lowest BCUT2D eigenvalue weighted by Gasteiger charge is -2.49. The van der Waals surface area contributed by atoms with E-state index in [4.69, 9.17) is 5.73 Å². The zero-order valence-electron chi connectivity index (χ0n) is 16.5. The number of rotatable bonds is 3. The second kappa shape index (κ2) is 8.92. The Morgan fingerprint density at radius 3 is 1.96 bits per heavy atom. The van der Waals surface area contributed by atoms with Crippen LogP contribution in [0.2, 0.25) is 0 Å². The Labute approximate surface area is 164 Å². The average molecular weight is 386 g/mol. The third-order valence-corrected chi connectivity index (χ3v) is 7.09. The Hall–Kier alpha value is -0.810. The maximum atomic E-state index is 13.4. The molecule has 0 radical (unpaired) electrons. The Kier molecular flexibility index (Phi) is 7.37. The Morgan fingerprint density at radius 1 is 0.962 bits per heavy atom. The van der Waals surface area contributed by atoms with Crippen LogP contribution in [0.5, 0.6) is 0 Å². The zero-order chi connectivity index (χ0) is 18.1. The van der Waals surface area contributed by atoms with Crippen molar-refractivity contribution in [1.29, 1.82) is 0 Å². The van der Waals surface area contributed by atoms with Crippen LogP contribution < -0.4 is 5.73 Å². The van der Waals surface area contributed by atoms with Crippen LogP contribution in [-0.2, 0) is 9.59 Å². The molecular weight excluding hydrogens is 350 g/mol. The van der Waals surface area contributed by atoms with Gasteiger partial charge in [-0.15, -0.1) is 12.4 Å². The largest absolute Gasteiger partial charge is 0.336 e. The number of nitrogens with zero attached hydrogens (tertiary/aromatic N) is 2. The van der Waals surface area contributed by atoms with Gasteiger partial charge in [0.1, 0.15) is 0 Å². The molecule has 3 fully saturated rings. The number of carbonyl (C=O) groups is 2. The van der Waals surface area contributed by atoms with E-state index in [1.807, 2.05) is 4.90 Å². The molecule has 3 rings (SSSR count). The monoisotopic (exact) mass is 385 g/mol. The van der Waals surface area contributed by atoms with E-state index in [9.17, 15) is 9.59 Å². The predicted octanol–water partition coefficient (Wildman–Crippen LogP) is 2.81. The first-order valence-corrected chi connectivity index (χ1v) is 10.3. The maximum Gasteiger partial charge on any atom is 0.226 e. The summed E-state index contributed by atoms with van der Waals surface area (Å²) in [4.78, 5) is 29.5. The van der Waals surface area contributed by atoms with Gasteiger partial charge in [-0.1, -0.05) is 20.3 Å². The molecule has 26 heavy (non-hydrogen) atoms. The van der Waals surface area contributed by atoms with Crippen LogP contribution in [0.15, 0.2) is 0 Å². The van der Waals surface area contributed by atoms with E-state index in [-0.39, 0.29) is 36.3 Å². The molecular formula is C20H36ClN3O2. The van der Waals surface area contributed by atoms with Gasteiger partial charge in [-0.25, -0.2) is 0 Å². The highest BCUT2D eigenvalue weighted by Crippen LogP contribution is 2.42. The van der Waals surface area contributed by atoms with E-state index < -0.39 is 0 Å². The van der Waals surface area contributed by atoms with Crippen LogP contribution >= 0.6 is 12.4 Å². The number of nitrogens with two attached hydrogens (primary N) is 1.